The van der Waals surface area contributed by atoms with Gasteiger partial charge in [0.25, 0.3) is 0 Å². The van der Waals surface area contributed by atoms with E-state index >= 15 is 0 Å². The van der Waals surface area contributed by atoms with Crippen LogP contribution in [0.2, 0.25) is 0 Å². The van der Waals surface area contributed by atoms with Gasteiger partial charge in [0.15, 0.2) is 0 Å². The normalized spacial score (nSPS) is 24.1. The van der Waals surface area contributed by atoms with Crippen LogP contribution in [0.15, 0.2) is 37.4 Å². The van der Waals surface area contributed by atoms with Crippen molar-refractivity contribution in [1.29, 1.82) is 0 Å². The number of aromatic nitrogens is 2. The van der Waals surface area contributed by atoms with Gasteiger partial charge in [-0.25, -0.2) is 19.6 Å². The summed E-state index contributed by atoms with van der Waals surface area (Å²) in [6, 6.07) is 3.36. The van der Waals surface area contributed by atoms with Crippen molar-refractivity contribution in [2.45, 2.75) is 117 Å². The number of benzene rings is 1. The van der Waals surface area contributed by atoms with Crippen molar-refractivity contribution in [3.8, 4) is 11.6 Å². The van der Waals surface area contributed by atoms with E-state index in [9.17, 15) is 14.4 Å². The molecule has 0 radical (unpaired) electrons. The van der Waals surface area contributed by atoms with Crippen molar-refractivity contribution in [1.82, 2.24) is 20.2 Å². The molecule has 2 unspecified atom stereocenters. The third kappa shape index (κ3) is 8.72. The zero-order valence-electron chi connectivity index (χ0n) is 30.6. The van der Waals surface area contributed by atoms with Crippen LogP contribution in [0.1, 0.15) is 93.2 Å². The predicted octanol–water partition coefficient (Wildman–Crippen LogP) is 6.88. The fourth-order valence-corrected chi connectivity index (χ4v) is 6.57. The number of likely N-dealkylation sites (tertiary alicyclic amines) is 1. The monoisotopic (exact) mass is 678 g/mol. The van der Waals surface area contributed by atoms with E-state index in [1.165, 1.54) is 4.90 Å². The minimum absolute atomic E-state index is 0.0475. The zero-order chi connectivity index (χ0) is 36.3. The van der Waals surface area contributed by atoms with Gasteiger partial charge in [-0.1, -0.05) is 47.3 Å². The molecular weight excluding hydrogens is 624 g/mol. The van der Waals surface area contributed by atoms with Crippen LogP contribution in [0.3, 0.4) is 0 Å². The maximum Gasteiger partial charge on any atom is 0.408 e. The Bertz CT molecular complexity index is 1560. The molecule has 1 N–H and O–H groups in total. The molecule has 0 spiro atoms. The first kappa shape index (κ1) is 37.7. The lowest BCUT2D eigenvalue weighted by atomic mass is 9.85. The molecule has 6 atom stereocenters. The van der Waals surface area contributed by atoms with Gasteiger partial charge in [0.05, 0.1) is 24.7 Å². The molecule has 0 bridgehead atoms. The van der Waals surface area contributed by atoms with Crippen LogP contribution in [-0.2, 0) is 19.1 Å². The molecule has 1 aliphatic carbocycles. The van der Waals surface area contributed by atoms with Gasteiger partial charge in [-0.2, -0.15) is 0 Å². The average molecular weight is 679 g/mol. The Morgan fingerprint density at radius 3 is 2.43 bits per heavy atom. The highest BCUT2D eigenvalue weighted by atomic mass is 16.6. The highest BCUT2D eigenvalue weighted by molar-refractivity contribution is 5.91. The molecule has 1 saturated carbocycles. The molecule has 2 heterocycles. The Balaban J connectivity index is 1.61. The zero-order valence-corrected chi connectivity index (χ0v) is 30.6. The molecule has 1 aromatic heterocycles. The maximum absolute atomic E-state index is 14.5. The number of ether oxygens (including phenoxy) is 4. The van der Waals surface area contributed by atoms with Gasteiger partial charge < -0.3 is 29.2 Å². The highest BCUT2D eigenvalue weighted by Crippen LogP contribution is 2.52. The Morgan fingerprint density at radius 1 is 1.12 bits per heavy atom. The van der Waals surface area contributed by atoms with Gasteiger partial charge in [-0.3, -0.25) is 4.79 Å². The number of hydrogen-bond donors (Lipinski definition) is 1. The molecule has 268 valence electrons. The largest absolute Gasteiger partial charge is 0.497 e. The fraction of sp³-hybridized carbons (Fsp3) is 0.605. The topological polar surface area (TPSA) is 129 Å². The second-order valence-electron chi connectivity index (χ2n) is 15.3. The third-order valence-corrected chi connectivity index (χ3v) is 9.46. The number of hydrogen-bond acceptors (Lipinski definition) is 9. The van der Waals surface area contributed by atoms with Crippen molar-refractivity contribution in [3.05, 3.63) is 43.1 Å². The van der Waals surface area contributed by atoms with E-state index in [0.29, 0.717) is 28.9 Å². The van der Waals surface area contributed by atoms with Crippen molar-refractivity contribution in [2.75, 3.05) is 13.7 Å². The van der Waals surface area contributed by atoms with Crippen LogP contribution in [0.25, 0.3) is 17.1 Å². The van der Waals surface area contributed by atoms with Crippen molar-refractivity contribution in [3.63, 3.8) is 0 Å². The summed E-state index contributed by atoms with van der Waals surface area (Å²) in [5.41, 5.74) is -0.437. The van der Waals surface area contributed by atoms with Gasteiger partial charge in [0.2, 0.25) is 11.8 Å². The summed E-state index contributed by atoms with van der Waals surface area (Å²) in [5, 5.41) is 2.88. The van der Waals surface area contributed by atoms with Crippen LogP contribution < -0.4 is 14.8 Å². The minimum atomic E-state index is -1.00. The summed E-state index contributed by atoms with van der Waals surface area (Å²) in [6.07, 6.45) is 6.48. The molecule has 2 aromatic rings. The predicted molar refractivity (Wildman–Crippen MR) is 189 cm³/mol. The van der Waals surface area contributed by atoms with Crippen LogP contribution in [0, 0.1) is 17.3 Å². The van der Waals surface area contributed by atoms with E-state index in [4.69, 9.17) is 23.9 Å². The SMILES string of the molecule is C=CCCCC1CC1(CC)OC(=O)N[C@H](C(=O)N1C[C@H](Oc2nc3cc(OC)ccc3nc2C=C)[C@@H](C)[C@H]1C(=O)OC(C)(C)C)C(C)(C)C. The summed E-state index contributed by atoms with van der Waals surface area (Å²) < 4.78 is 23.7. The number of fused-ring (bicyclic) bond motifs is 1. The van der Waals surface area contributed by atoms with E-state index in [0.717, 1.165) is 25.7 Å². The van der Waals surface area contributed by atoms with E-state index < -0.39 is 58.7 Å². The highest BCUT2D eigenvalue weighted by Gasteiger charge is 2.56. The number of esters is 1. The number of amides is 2. The lowest BCUT2D eigenvalue weighted by Crippen LogP contribution is -2.58. The number of carbonyl (C=O) groups is 3. The van der Waals surface area contributed by atoms with Crippen molar-refractivity contribution >= 4 is 35.1 Å². The summed E-state index contributed by atoms with van der Waals surface area (Å²) >= 11 is 0. The number of nitrogens with zero attached hydrogens (tertiary/aromatic N) is 3. The smallest absolute Gasteiger partial charge is 0.408 e. The van der Waals surface area contributed by atoms with E-state index in [2.05, 4.69) is 23.5 Å². The van der Waals surface area contributed by atoms with Gasteiger partial charge in [0.1, 0.15) is 40.8 Å². The summed E-state index contributed by atoms with van der Waals surface area (Å²) in [4.78, 5) is 52.6. The first-order valence-electron chi connectivity index (χ1n) is 17.3. The lowest BCUT2D eigenvalue weighted by molar-refractivity contribution is -0.165. The molecule has 49 heavy (non-hydrogen) atoms. The van der Waals surface area contributed by atoms with E-state index in [1.54, 1.807) is 52.2 Å². The number of nitrogens with one attached hydrogen (secondary N) is 1. The molecule has 11 heteroatoms. The van der Waals surface area contributed by atoms with Crippen LogP contribution >= 0.6 is 0 Å². The summed E-state index contributed by atoms with van der Waals surface area (Å²) in [5.74, 6) is -0.378. The van der Waals surface area contributed by atoms with Gasteiger partial charge in [0, 0.05) is 17.9 Å². The van der Waals surface area contributed by atoms with Crippen LogP contribution in [0.5, 0.6) is 11.6 Å². The number of rotatable bonds is 13. The Morgan fingerprint density at radius 2 is 1.84 bits per heavy atom. The molecule has 1 aliphatic heterocycles. The number of carbonyl (C=O) groups excluding carboxylic acids is 3. The first-order valence-corrected chi connectivity index (χ1v) is 17.3. The average Bonchev–Trinajstić information content (AvgIpc) is 3.61. The van der Waals surface area contributed by atoms with Crippen LogP contribution in [0.4, 0.5) is 4.79 Å². The summed E-state index contributed by atoms with van der Waals surface area (Å²) in [7, 11) is 1.57. The molecule has 2 fully saturated rings. The number of methoxy groups -OCH3 is 1. The molecule has 2 aliphatic rings. The van der Waals surface area contributed by atoms with E-state index in [-0.39, 0.29) is 18.3 Å². The molecule has 1 saturated heterocycles. The minimum Gasteiger partial charge on any atom is -0.497 e. The Labute approximate surface area is 290 Å². The Hall–Kier alpha value is -4.15. The Kier molecular flexibility index (Phi) is 11.3. The van der Waals surface area contributed by atoms with Crippen molar-refractivity contribution in [2.24, 2.45) is 17.3 Å². The standard InChI is InChI=1S/C38H54N4O7/c1-12-15-16-17-24-21-38(24,14-3)49-35(45)41-31(36(5,6)7)33(43)42-22-29(23(4)30(42)34(44)48-37(8,9)10)47-32-26(13-2)39-27-19-18-25(46-11)20-28(27)40-32/h12-13,18-20,23-24,29-31H,1-2,14-17,21-22H2,3-11H3,(H,41,45)/t23-,24?,29+,30+,31-,38?/m1/s1. The van der Waals surface area contributed by atoms with Gasteiger partial charge in [-0.15, -0.1) is 6.58 Å². The third-order valence-electron chi connectivity index (χ3n) is 9.46. The van der Waals surface area contributed by atoms with Gasteiger partial charge >= 0.3 is 12.1 Å². The lowest BCUT2D eigenvalue weighted by Gasteiger charge is -2.36. The van der Waals surface area contributed by atoms with E-state index in [1.807, 2.05) is 40.7 Å². The first-order chi connectivity index (χ1) is 23.0. The molecule has 11 nitrogen and oxygen atoms in total. The number of unbranched alkanes of at least 4 members (excludes halogenated alkanes) is 1. The quantitative estimate of drug-likeness (QED) is 0.137. The number of allylic oxidation sites excluding steroid dienone is 1. The fourth-order valence-electron chi connectivity index (χ4n) is 6.57. The molecule has 2 amide bonds. The second kappa shape index (κ2) is 14.8. The molecule has 1 aromatic carbocycles. The summed E-state index contributed by atoms with van der Waals surface area (Å²) in [6.45, 7) is 22.5. The molecule has 4 rings (SSSR count). The van der Waals surface area contributed by atoms with Crippen LogP contribution in [-0.4, -0.2) is 75.9 Å². The van der Waals surface area contributed by atoms with Gasteiger partial charge in [-0.05, 0) is 76.5 Å². The number of alkyl carbamates (subject to hydrolysis) is 1. The maximum atomic E-state index is 14.5. The van der Waals surface area contributed by atoms with Crippen molar-refractivity contribution < 1.29 is 33.3 Å². The second-order valence-corrected chi connectivity index (χ2v) is 15.3. The molecular formula is C38H54N4O7.